The van der Waals surface area contributed by atoms with Crippen LogP contribution < -0.4 is 20.1 Å². The molecular formula is C19H18N2O4. The molecule has 25 heavy (non-hydrogen) atoms. The van der Waals surface area contributed by atoms with Gasteiger partial charge in [0.2, 0.25) is 5.91 Å². The Hall–Kier alpha value is -3.28. The molecule has 2 amide bonds. The van der Waals surface area contributed by atoms with Crippen molar-refractivity contribution in [1.82, 2.24) is 0 Å². The van der Waals surface area contributed by atoms with Gasteiger partial charge in [-0.2, -0.15) is 0 Å². The number of hydrogen-bond acceptors (Lipinski definition) is 4. The number of carbonyl (C=O) groups is 2. The Balaban J connectivity index is 1.65. The Labute approximate surface area is 145 Å². The smallest absolute Gasteiger partial charge is 0.265 e. The van der Waals surface area contributed by atoms with Crippen LogP contribution in [0.25, 0.3) is 6.08 Å². The first kappa shape index (κ1) is 16.6. The summed E-state index contributed by atoms with van der Waals surface area (Å²) in [5.74, 6) is 0.857. The molecule has 1 atom stereocenters. The number of carbonyl (C=O) groups excluding carboxylic acids is 2. The van der Waals surface area contributed by atoms with E-state index in [1.165, 1.54) is 6.08 Å². The van der Waals surface area contributed by atoms with E-state index in [-0.39, 0.29) is 11.8 Å². The Kier molecular flexibility index (Phi) is 4.70. The van der Waals surface area contributed by atoms with Crippen molar-refractivity contribution in [2.24, 2.45) is 0 Å². The van der Waals surface area contributed by atoms with Crippen molar-refractivity contribution in [3.05, 3.63) is 54.1 Å². The standard InChI is InChI=1S/C19H18N2O4/c1-12-19(23)21-16-11-14(6-9-17(16)25-12)20-18(22)10-5-13-3-7-15(24-2)8-4-13/h3-12H,1-2H3,(H,20,22)(H,21,23)/b10-5+. The van der Waals surface area contributed by atoms with E-state index in [2.05, 4.69) is 10.6 Å². The second-order valence-corrected chi connectivity index (χ2v) is 5.56. The van der Waals surface area contributed by atoms with Crippen molar-refractivity contribution < 1.29 is 19.1 Å². The van der Waals surface area contributed by atoms with Gasteiger partial charge in [0.1, 0.15) is 11.5 Å². The Morgan fingerprint density at radius 2 is 2.00 bits per heavy atom. The molecule has 128 valence electrons. The SMILES string of the molecule is COc1ccc(/C=C/C(=O)Nc2ccc3c(c2)NC(=O)C(C)O3)cc1. The molecule has 2 N–H and O–H groups in total. The minimum absolute atomic E-state index is 0.213. The van der Waals surface area contributed by atoms with E-state index < -0.39 is 6.10 Å². The summed E-state index contributed by atoms with van der Waals surface area (Å²) in [7, 11) is 1.60. The molecule has 1 aliphatic heterocycles. The molecule has 0 bridgehead atoms. The molecule has 0 radical (unpaired) electrons. The first-order chi connectivity index (χ1) is 12.0. The first-order valence-corrected chi connectivity index (χ1v) is 7.80. The van der Waals surface area contributed by atoms with Crippen LogP contribution in [0.3, 0.4) is 0 Å². The van der Waals surface area contributed by atoms with Crippen LogP contribution in [0.4, 0.5) is 11.4 Å². The highest BCUT2D eigenvalue weighted by molar-refractivity contribution is 6.03. The summed E-state index contributed by atoms with van der Waals surface area (Å²) in [4.78, 5) is 23.7. The number of anilines is 2. The second kappa shape index (κ2) is 7.09. The van der Waals surface area contributed by atoms with E-state index in [1.807, 2.05) is 24.3 Å². The average Bonchev–Trinajstić information content (AvgIpc) is 2.61. The Morgan fingerprint density at radius 3 is 2.72 bits per heavy atom. The number of fused-ring (bicyclic) bond motifs is 1. The van der Waals surface area contributed by atoms with Crippen LogP contribution >= 0.6 is 0 Å². The minimum atomic E-state index is -0.527. The van der Waals surface area contributed by atoms with Crippen LogP contribution in [0.2, 0.25) is 0 Å². The fourth-order valence-corrected chi connectivity index (χ4v) is 2.36. The lowest BCUT2D eigenvalue weighted by molar-refractivity contribution is -0.122. The number of ether oxygens (including phenoxy) is 2. The van der Waals surface area contributed by atoms with Gasteiger partial charge in [-0.3, -0.25) is 9.59 Å². The monoisotopic (exact) mass is 338 g/mol. The van der Waals surface area contributed by atoms with E-state index >= 15 is 0 Å². The predicted molar refractivity (Wildman–Crippen MR) is 95.8 cm³/mol. The van der Waals surface area contributed by atoms with Crippen molar-refractivity contribution in [3.63, 3.8) is 0 Å². The quantitative estimate of drug-likeness (QED) is 0.840. The van der Waals surface area contributed by atoms with Gasteiger partial charge in [0.25, 0.3) is 5.91 Å². The van der Waals surface area contributed by atoms with Gasteiger partial charge in [0.05, 0.1) is 12.8 Å². The topological polar surface area (TPSA) is 76.7 Å². The summed E-state index contributed by atoms with van der Waals surface area (Å²) < 4.78 is 10.6. The summed E-state index contributed by atoms with van der Waals surface area (Å²) in [6.45, 7) is 1.68. The van der Waals surface area contributed by atoms with E-state index in [0.717, 1.165) is 11.3 Å². The summed E-state index contributed by atoms with van der Waals surface area (Å²) in [6, 6.07) is 12.5. The van der Waals surface area contributed by atoms with Gasteiger partial charge < -0.3 is 20.1 Å². The number of amides is 2. The number of methoxy groups -OCH3 is 1. The normalized spacial score (nSPS) is 15.9. The van der Waals surface area contributed by atoms with Gasteiger partial charge in [-0.1, -0.05) is 12.1 Å². The van der Waals surface area contributed by atoms with Crippen LogP contribution in [0.1, 0.15) is 12.5 Å². The van der Waals surface area contributed by atoms with Crippen molar-refractivity contribution in [2.75, 3.05) is 17.7 Å². The van der Waals surface area contributed by atoms with Crippen LogP contribution in [-0.2, 0) is 9.59 Å². The average molecular weight is 338 g/mol. The molecule has 6 heteroatoms. The van der Waals surface area contributed by atoms with Gasteiger partial charge in [-0.15, -0.1) is 0 Å². The maximum absolute atomic E-state index is 12.1. The van der Waals surface area contributed by atoms with Crippen molar-refractivity contribution in [3.8, 4) is 11.5 Å². The number of rotatable bonds is 4. The molecule has 0 saturated carbocycles. The highest BCUT2D eigenvalue weighted by Crippen LogP contribution is 2.32. The van der Waals surface area contributed by atoms with E-state index in [1.54, 1.807) is 38.3 Å². The van der Waals surface area contributed by atoms with E-state index in [0.29, 0.717) is 17.1 Å². The maximum atomic E-state index is 12.1. The van der Waals surface area contributed by atoms with E-state index in [4.69, 9.17) is 9.47 Å². The van der Waals surface area contributed by atoms with Crippen LogP contribution in [0.15, 0.2) is 48.5 Å². The number of nitrogens with one attached hydrogen (secondary N) is 2. The van der Waals surface area contributed by atoms with Crippen LogP contribution in [0.5, 0.6) is 11.5 Å². The fourth-order valence-electron chi connectivity index (χ4n) is 2.36. The van der Waals surface area contributed by atoms with Crippen LogP contribution in [-0.4, -0.2) is 25.0 Å². The third-order valence-corrected chi connectivity index (χ3v) is 3.72. The Morgan fingerprint density at radius 1 is 1.24 bits per heavy atom. The minimum Gasteiger partial charge on any atom is -0.497 e. The van der Waals surface area contributed by atoms with Crippen molar-refractivity contribution >= 4 is 29.3 Å². The number of hydrogen-bond donors (Lipinski definition) is 2. The van der Waals surface area contributed by atoms with Crippen molar-refractivity contribution in [2.45, 2.75) is 13.0 Å². The molecule has 3 rings (SSSR count). The second-order valence-electron chi connectivity index (χ2n) is 5.56. The maximum Gasteiger partial charge on any atom is 0.265 e. The fraction of sp³-hybridized carbons (Fsp3) is 0.158. The molecule has 6 nitrogen and oxygen atoms in total. The molecule has 1 aliphatic rings. The molecule has 0 aromatic heterocycles. The Bertz CT molecular complexity index is 828. The molecule has 0 aliphatic carbocycles. The molecule has 1 unspecified atom stereocenters. The third kappa shape index (κ3) is 3.98. The molecular weight excluding hydrogens is 320 g/mol. The zero-order valence-electron chi connectivity index (χ0n) is 13.9. The molecule has 2 aromatic rings. The summed E-state index contributed by atoms with van der Waals surface area (Å²) in [6.07, 6.45) is 2.62. The third-order valence-electron chi connectivity index (χ3n) is 3.72. The lowest BCUT2D eigenvalue weighted by Gasteiger charge is -2.23. The lowest BCUT2D eigenvalue weighted by atomic mass is 10.2. The van der Waals surface area contributed by atoms with Crippen molar-refractivity contribution in [1.29, 1.82) is 0 Å². The van der Waals surface area contributed by atoms with Gasteiger partial charge in [-0.25, -0.2) is 0 Å². The summed E-state index contributed by atoms with van der Waals surface area (Å²) in [5, 5.41) is 5.50. The summed E-state index contributed by atoms with van der Waals surface area (Å²) >= 11 is 0. The molecule has 0 saturated heterocycles. The largest absolute Gasteiger partial charge is 0.497 e. The predicted octanol–water partition coefficient (Wildman–Crippen LogP) is 3.07. The molecule has 0 fully saturated rings. The van der Waals surface area contributed by atoms with Gasteiger partial charge in [-0.05, 0) is 48.9 Å². The highest BCUT2D eigenvalue weighted by Gasteiger charge is 2.23. The highest BCUT2D eigenvalue weighted by atomic mass is 16.5. The zero-order valence-corrected chi connectivity index (χ0v) is 13.9. The van der Waals surface area contributed by atoms with Gasteiger partial charge >= 0.3 is 0 Å². The molecule has 0 spiro atoms. The lowest BCUT2D eigenvalue weighted by Crippen LogP contribution is -2.34. The summed E-state index contributed by atoms with van der Waals surface area (Å²) in [5.41, 5.74) is 2.00. The molecule has 2 aromatic carbocycles. The van der Waals surface area contributed by atoms with Gasteiger partial charge in [0, 0.05) is 11.8 Å². The molecule has 1 heterocycles. The number of benzene rings is 2. The van der Waals surface area contributed by atoms with Gasteiger partial charge in [0.15, 0.2) is 6.10 Å². The zero-order chi connectivity index (χ0) is 17.8. The van der Waals surface area contributed by atoms with E-state index in [9.17, 15) is 9.59 Å². The van der Waals surface area contributed by atoms with Crippen LogP contribution in [0, 0.1) is 0 Å². The first-order valence-electron chi connectivity index (χ1n) is 7.80.